The van der Waals surface area contributed by atoms with Crippen LogP contribution in [0.15, 0.2) is 175 Å². The summed E-state index contributed by atoms with van der Waals surface area (Å²) in [6.45, 7) is 0. The van der Waals surface area contributed by atoms with Crippen LogP contribution in [0.25, 0.3) is 99.9 Å². The van der Waals surface area contributed by atoms with E-state index >= 15 is 0 Å². The van der Waals surface area contributed by atoms with Crippen molar-refractivity contribution in [2.45, 2.75) is 0 Å². The molecule has 238 valence electrons. The molecular formula is C46H28N4O. The highest BCUT2D eigenvalue weighted by atomic mass is 16.3. The number of furan rings is 1. The molecule has 10 aromatic rings. The maximum atomic E-state index is 6.78. The normalized spacial score (nSPS) is 11.5. The fourth-order valence-electron chi connectivity index (χ4n) is 7.02. The molecule has 0 unspecified atom stereocenters. The second-order valence-electron chi connectivity index (χ2n) is 12.7. The number of rotatable bonds is 5. The van der Waals surface area contributed by atoms with Gasteiger partial charge >= 0.3 is 0 Å². The van der Waals surface area contributed by atoms with E-state index < -0.39 is 0 Å². The lowest BCUT2D eigenvalue weighted by molar-refractivity contribution is 0.670. The molecule has 7 aromatic carbocycles. The minimum Gasteiger partial charge on any atom is -0.455 e. The zero-order valence-electron chi connectivity index (χ0n) is 27.4. The maximum Gasteiger partial charge on any atom is 0.164 e. The summed E-state index contributed by atoms with van der Waals surface area (Å²) in [7, 11) is 0. The molecule has 3 heterocycles. The van der Waals surface area contributed by atoms with Gasteiger partial charge in [0.15, 0.2) is 17.5 Å². The van der Waals surface area contributed by atoms with Crippen LogP contribution in [0.2, 0.25) is 0 Å². The number of hydrogen-bond donors (Lipinski definition) is 0. The second-order valence-corrected chi connectivity index (χ2v) is 12.7. The van der Waals surface area contributed by atoms with Crippen LogP contribution in [0.5, 0.6) is 0 Å². The van der Waals surface area contributed by atoms with Crippen molar-refractivity contribution in [2.75, 3.05) is 0 Å². The van der Waals surface area contributed by atoms with Crippen LogP contribution in [0.4, 0.5) is 0 Å². The molecule has 5 heteroatoms. The molecule has 5 nitrogen and oxygen atoms in total. The molecular weight excluding hydrogens is 625 g/mol. The van der Waals surface area contributed by atoms with E-state index in [1.54, 1.807) is 0 Å². The summed E-state index contributed by atoms with van der Waals surface area (Å²) in [5.41, 5.74) is 8.85. The Morgan fingerprint density at radius 1 is 0.392 bits per heavy atom. The molecule has 0 atom stereocenters. The fourth-order valence-corrected chi connectivity index (χ4v) is 7.02. The van der Waals surface area contributed by atoms with Gasteiger partial charge in [0.25, 0.3) is 0 Å². The van der Waals surface area contributed by atoms with Gasteiger partial charge in [0.2, 0.25) is 0 Å². The van der Waals surface area contributed by atoms with Crippen molar-refractivity contribution in [3.63, 3.8) is 0 Å². The Balaban J connectivity index is 1.14. The monoisotopic (exact) mass is 652 g/mol. The summed E-state index contributed by atoms with van der Waals surface area (Å²) < 4.78 is 6.78. The maximum absolute atomic E-state index is 6.78. The molecule has 0 saturated carbocycles. The number of fused-ring (bicyclic) bond motifs is 5. The first-order valence-corrected chi connectivity index (χ1v) is 17.0. The van der Waals surface area contributed by atoms with E-state index in [0.29, 0.717) is 17.5 Å². The Morgan fingerprint density at radius 2 is 0.961 bits per heavy atom. The molecule has 51 heavy (non-hydrogen) atoms. The zero-order chi connectivity index (χ0) is 33.7. The van der Waals surface area contributed by atoms with E-state index in [-0.39, 0.29) is 0 Å². The van der Waals surface area contributed by atoms with Gasteiger partial charge in [-0.3, -0.25) is 4.98 Å². The number of nitrogens with zero attached hydrogens (tertiary/aromatic N) is 4. The molecule has 0 fully saturated rings. The van der Waals surface area contributed by atoms with Gasteiger partial charge in [-0.25, -0.2) is 15.0 Å². The molecule has 0 radical (unpaired) electrons. The van der Waals surface area contributed by atoms with Gasteiger partial charge in [-0.15, -0.1) is 0 Å². The van der Waals surface area contributed by atoms with Gasteiger partial charge in [0.05, 0.1) is 0 Å². The minimum atomic E-state index is 0.624. The highest BCUT2D eigenvalue weighted by Crippen LogP contribution is 2.43. The van der Waals surface area contributed by atoms with E-state index in [1.165, 1.54) is 10.8 Å². The summed E-state index contributed by atoms with van der Waals surface area (Å²) >= 11 is 0. The number of hydrogen-bond acceptors (Lipinski definition) is 5. The lowest BCUT2D eigenvalue weighted by Gasteiger charge is -2.11. The summed E-state index contributed by atoms with van der Waals surface area (Å²) in [6, 6.07) is 54.4. The van der Waals surface area contributed by atoms with Crippen LogP contribution in [0.3, 0.4) is 0 Å². The molecule has 0 aliphatic carbocycles. The molecule has 0 saturated heterocycles. The largest absolute Gasteiger partial charge is 0.455 e. The zero-order valence-corrected chi connectivity index (χ0v) is 27.4. The third-order valence-electron chi connectivity index (χ3n) is 9.59. The summed E-state index contributed by atoms with van der Waals surface area (Å²) in [5, 5.41) is 6.71. The lowest BCUT2D eigenvalue weighted by atomic mass is 9.93. The van der Waals surface area contributed by atoms with Gasteiger partial charge in [-0.2, -0.15) is 0 Å². The minimum absolute atomic E-state index is 0.624. The first-order valence-electron chi connectivity index (χ1n) is 17.0. The third-order valence-corrected chi connectivity index (χ3v) is 9.59. The average Bonchev–Trinajstić information content (AvgIpc) is 3.58. The summed E-state index contributed by atoms with van der Waals surface area (Å²) in [5.74, 6) is 1.90. The van der Waals surface area contributed by atoms with E-state index in [4.69, 9.17) is 19.4 Å². The molecule has 3 aromatic heterocycles. The molecule has 0 spiro atoms. The van der Waals surface area contributed by atoms with Gasteiger partial charge < -0.3 is 4.42 Å². The van der Waals surface area contributed by atoms with Gasteiger partial charge in [0.1, 0.15) is 11.2 Å². The molecule has 0 aliphatic rings. The number of pyridine rings is 1. The van der Waals surface area contributed by atoms with Gasteiger partial charge in [-0.05, 0) is 63.2 Å². The van der Waals surface area contributed by atoms with Crippen molar-refractivity contribution >= 4 is 43.5 Å². The molecule has 0 amide bonds. The SMILES string of the molecule is c1ccc(-c2nc(-c3ccccc3)nc(-c3ccc(-c4ccc(-c5ccc6ccccc6c5)c5oc6cc7ccncc7cc6c45)cc3)n2)cc1. The van der Waals surface area contributed by atoms with Crippen molar-refractivity contribution < 1.29 is 4.42 Å². The van der Waals surface area contributed by atoms with Crippen LogP contribution in [-0.4, -0.2) is 19.9 Å². The van der Waals surface area contributed by atoms with E-state index in [1.807, 2.05) is 79.1 Å². The second kappa shape index (κ2) is 11.9. The Hall–Kier alpha value is -6.98. The molecule has 0 aliphatic heterocycles. The van der Waals surface area contributed by atoms with Crippen molar-refractivity contribution in [3.05, 3.63) is 170 Å². The Labute approximate surface area is 293 Å². The first-order chi connectivity index (χ1) is 25.2. The van der Waals surface area contributed by atoms with Crippen molar-refractivity contribution in [1.29, 1.82) is 0 Å². The van der Waals surface area contributed by atoms with Crippen LogP contribution in [-0.2, 0) is 0 Å². The Bertz CT molecular complexity index is 2840. The Kier molecular flexibility index (Phi) is 6.74. The van der Waals surface area contributed by atoms with Crippen LogP contribution in [0, 0.1) is 0 Å². The predicted molar refractivity (Wildman–Crippen MR) is 207 cm³/mol. The number of aromatic nitrogens is 4. The quantitative estimate of drug-likeness (QED) is 0.185. The predicted octanol–water partition coefficient (Wildman–Crippen LogP) is 11.8. The standard InChI is InChI=1S/C46H28N4O/c1-3-10-31(11-4-1)44-48-45(32-12-5-2-6-13-32)50-46(49-44)33-18-16-30(17-19-33)38-21-22-39(36-20-15-29-9-7-8-14-34(29)25-36)43-42(38)40-26-37-28-47-24-23-35(37)27-41(40)51-43/h1-28H. The van der Waals surface area contributed by atoms with Crippen molar-refractivity contribution in [2.24, 2.45) is 0 Å². The number of benzene rings is 7. The van der Waals surface area contributed by atoms with E-state index in [9.17, 15) is 0 Å². The molecule has 0 bridgehead atoms. The summed E-state index contributed by atoms with van der Waals surface area (Å²) in [4.78, 5) is 19.1. The van der Waals surface area contributed by atoms with Gasteiger partial charge in [0, 0.05) is 50.8 Å². The topological polar surface area (TPSA) is 64.7 Å². The average molecular weight is 653 g/mol. The lowest BCUT2D eigenvalue weighted by Crippen LogP contribution is -2.00. The van der Waals surface area contributed by atoms with Gasteiger partial charge in [-0.1, -0.05) is 127 Å². The van der Waals surface area contributed by atoms with E-state index in [2.05, 4.69) is 96.0 Å². The van der Waals surface area contributed by atoms with Crippen LogP contribution in [0.1, 0.15) is 0 Å². The highest BCUT2D eigenvalue weighted by molar-refractivity contribution is 6.18. The summed E-state index contributed by atoms with van der Waals surface area (Å²) in [6.07, 6.45) is 3.74. The third kappa shape index (κ3) is 5.11. The first kappa shape index (κ1) is 29.0. The molecule has 10 rings (SSSR count). The molecule has 0 N–H and O–H groups in total. The van der Waals surface area contributed by atoms with Crippen LogP contribution < -0.4 is 0 Å². The van der Waals surface area contributed by atoms with Crippen molar-refractivity contribution in [3.8, 4) is 56.4 Å². The van der Waals surface area contributed by atoms with E-state index in [0.717, 1.165) is 71.7 Å². The smallest absolute Gasteiger partial charge is 0.164 e. The van der Waals surface area contributed by atoms with Crippen LogP contribution >= 0.6 is 0 Å². The van der Waals surface area contributed by atoms with Crippen molar-refractivity contribution in [1.82, 2.24) is 19.9 Å². The fraction of sp³-hybridized carbons (Fsp3) is 0. The Morgan fingerprint density at radius 3 is 1.67 bits per heavy atom. The highest BCUT2D eigenvalue weighted by Gasteiger charge is 2.19.